The Balaban J connectivity index is 1.34. The Labute approximate surface area is 199 Å². The van der Waals surface area contributed by atoms with Crippen molar-refractivity contribution in [1.29, 1.82) is 0 Å². The highest BCUT2D eigenvalue weighted by Crippen LogP contribution is 2.38. The van der Waals surface area contributed by atoms with Gasteiger partial charge < -0.3 is 10.6 Å². The maximum Gasteiger partial charge on any atom is 0.416 e. The third kappa shape index (κ3) is 5.52. The summed E-state index contributed by atoms with van der Waals surface area (Å²) < 4.78 is 38.7. The lowest BCUT2D eigenvalue weighted by molar-refractivity contribution is -0.140. The van der Waals surface area contributed by atoms with E-state index < -0.39 is 23.6 Å². The predicted molar refractivity (Wildman–Crippen MR) is 121 cm³/mol. The molecule has 1 saturated carbocycles. The van der Waals surface area contributed by atoms with Crippen LogP contribution in [0.2, 0.25) is 0 Å². The summed E-state index contributed by atoms with van der Waals surface area (Å²) in [5.74, 6) is -2.04. The van der Waals surface area contributed by atoms with Crippen LogP contribution in [-0.2, 0) is 20.6 Å². The normalized spacial score (nSPS) is 19.9. The van der Waals surface area contributed by atoms with Crippen LogP contribution in [0.4, 0.5) is 24.5 Å². The molecule has 7 nitrogen and oxygen atoms in total. The van der Waals surface area contributed by atoms with E-state index in [1.54, 1.807) is 6.07 Å². The highest BCUT2D eigenvalue weighted by Gasteiger charge is 2.47. The topological polar surface area (TPSA) is 95.6 Å². The smallest absolute Gasteiger partial charge is 0.326 e. The predicted octanol–water partition coefficient (Wildman–Crippen LogP) is 4.46. The lowest BCUT2D eigenvalue weighted by Crippen LogP contribution is -2.34. The quantitative estimate of drug-likeness (QED) is 0.588. The molecule has 0 spiro atoms. The van der Waals surface area contributed by atoms with Crippen molar-refractivity contribution in [2.24, 2.45) is 11.8 Å². The van der Waals surface area contributed by atoms with Crippen LogP contribution in [0.5, 0.6) is 0 Å². The highest BCUT2D eigenvalue weighted by atomic mass is 19.4. The number of halogens is 3. The fourth-order valence-corrected chi connectivity index (χ4v) is 4.60. The number of carbonyl (C=O) groups excluding carboxylic acids is 4. The van der Waals surface area contributed by atoms with Gasteiger partial charge in [0, 0.05) is 29.9 Å². The molecule has 1 heterocycles. The standard InChI is InChI=1S/C25H24F3N3O4/c26-25(27,28)16-6-4-8-18(14-16)30-22(33)15-5-3-7-17(13-15)29-21(32)11-12-31-23(34)19-9-1-2-10-20(19)24(31)35/h3-8,13-14,19-20H,1-2,9-12H2,(H,29,32)(H,30,33)/t19-,20+. The van der Waals surface area contributed by atoms with Crippen LogP contribution in [0, 0.1) is 11.8 Å². The molecule has 2 atom stereocenters. The Hall–Kier alpha value is -3.69. The second-order valence-electron chi connectivity index (χ2n) is 8.74. The SMILES string of the molecule is O=C(CCN1C(=O)[C@H]2CCCC[C@H]2C1=O)Nc1cccc(C(=O)Nc2cccc(C(F)(F)F)c2)c1. The van der Waals surface area contributed by atoms with Crippen LogP contribution in [0.1, 0.15) is 48.0 Å². The number of hydrogen-bond donors (Lipinski definition) is 2. The minimum Gasteiger partial charge on any atom is -0.326 e. The lowest BCUT2D eigenvalue weighted by atomic mass is 9.81. The van der Waals surface area contributed by atoms with Gasteiger partial charge in [0.15, 0.2) is 0 Å². The van der Waals surface area contributed by atoms with Gasteiger partial charge in [-0.25, -0.2) is 0 Å². The monoisotopic (exact) mass is 487 g/mol. The molecule has 184 valence electrons. The third-order valence-corrected chi connectivity index (χ3v) is 6.35. The number of amides is 4. The van der Waals surface area contributed by atoms with Gasteiger partial charge in [0.05, 0.1) is 17.4 Å². The number of hydrogen-bond acceptors (Lipinski definition) is 4. The Morgan fingerprint density at radius 1 is 0.886 bits per heavy atom. The zero-order valence-electron chi connectivity index (χ0n) is 18.7. The number of fused-ring (bicyclic) bond motifs is 1. The van der Waals surface area contributed by atoms with Gasteiger partial charge in [0.2, 0.25) is 17.7 Å². The van der Waals surface area contributed by atoms with Gasteiger partial charge in [-0.15, -0.1) is 0 Å². The third-order valence-electron chi connectivity index (χ3n) is 6.35. The number of rotatable bonds is 6. The average Bonchev–Trinajstić information content (AvgIpc) is 3.07. The summed E-state index contributed by atoms with van der Waals surface area (Å²) in [7, 11) is 0. The van der Waals surface area contributed by atoms with E-state index >= 15 is 0 Å². The summed E-state index contributed by atoms with van der Waals surface area (Å²) in [6.07, 6.45) is -1.37. The molecule has 0 bridgehead atoms. The molecule has 0 aromatic heterocycles. The van der Waals surface area contributed by atoms with Crippen LogP contribution in [0.25, 0.3) is 0 Å². The van der Waals surface area contributed by atoms with Gasteiger partial charge in [-0.05, 0) is 49.2 Å². The van der Waals surface area contributed by atoms with E-state index in [9.17, 15) is 32.3 Å². The Kier molecular flexibility index (Phi) is 6.90. The van der Waals surface area contributed by atoms with Crippen molar-refractivity contribution in [3.8, 4) is 0 Å². The number of anilines is 2. The molecule has 10 heteroatoms. The minimum absolute atomic E-state index is 0.00772. The number of imide groups is 1. The van der Waals surface area contributed by atoms with Crippen molar-refractivity contribution in [1.82, 2.24) is 4.90 Å². The summed E-state index contributed by atoms with van der Waals surface area (Å²) in [5.41, 5.74) is -0.459. The summed E-state index contributed by atoms with van der Waals surface area (Å²) in [4.78, 5) is 51.2. The summed E-state index contributed by atoms with van der Waals surface area (Å²) in [6, 6.07) is 10.2. The van der Waals surface area contributed by atoms with E-state index in [4.69, 9.17) is 0 Å². The summed E-state index contributed by atoms with van der Waals surface area (Å²) >= 11 is 0. The molecule has 4 amide bonds. The van der Waals surface area contributed by atoms with Crippen molar-refractivity contribution in [3.63, 3.8) is 0 Å². The van der Waals surface area contributed by atoms with Gasteiger partial charge in [0.25, 0.3) is 5.91 Å². The summed E-state index contributed by atoms with van der Waals surface area (Å²) in [5, 5.41) is 5.04. The second kappa shape index (κ2) is 9.89. The zero-order valence-corrected chi connectivity index (χ0v) is 18.7. The van der Waals surface area contributed by atoms with Crippen LogP contribution < -0.4 is 10.6 Å². The van der Waals surface area contributed by atoms with Gasteiger partial charge in [-0.2, -0.15) is 13.2 Å². The van der Waals surface area contributed by atoms with E-state index in [-0.39, 0.29) is 47.9 Å². The fourth-order valence-electron chi connectivity index (χ4n) is 4.60. The molecule has 1 aliphatic heterocycles. The molecule has 2 aliphatic rings. The first-order valence-corrected chi connectivity index (χ1v) is 11.4. The van der Waals surface area contributed by atoms with Crippen LogP contribution in [-0.4, -0.2) is 35.1 Å². The second-order valence-corrected chi connectivity index (χ2v) is 8.74. The Morgan fingerprint density at radius 3 is 2.11 bits per heavy atom. The van der Waals surface area contributed by atoms with E-state index in [0.29, 0.717) is 18.5 Å². The van der Waals surface area contributed by atoms with Gasteiger partial charge in [-0.3, -0.25) is 24.1 Å². The van der Waals surface area contributed by atoms with Crippen molar-refractivity contribution in [2.75, 3.05) is 17.2 Å². The largest absolute Gasteiger partial charge is 0.416 e. The van der Waals surface area contributed by atoms with Gasteiger partial charge in [0.1, 0.15) is 0 Å². The van der Waals surface area contributed by atoms with E-state index in [1.165, 1.54) is 35.2 Å². The fraction of sp³-hybridized carbons (Fsp3) is 0.360. The van der Waals surface area contributed by atoms with Gasteiger partial charge in [-0.1, -0.05) is 25.0 Å². The minimum atomic E-state index is -4.53. The number of likely N-dealkylation sites (tertiary alicyclic amines) is 1. The average molecular weight is 487 g/mol. The first-order chi connectivity index (χ1) is 16.6. The van der Waals surface area contributed by atoms with Crippen molar-refractivity contribution in [2.45, 2.75) is 38.3 Å². The number of nitrogens with one attached hydrogen (secondary N) is 2. The molecule has 2 fully saturated rings. The first kappa shape index (κ1) is 24.4. The Morgan fingerprint density at radius 2 is 1.49 bits per heavy atom. The Bertz CT molecular complexity index is 1140. The molecule has 4 rings (SSSR count). The van der Waals surface area contributed by atoms with E-state index in [0.717, 1.165) is 25.0 Å². The maximum atomic E-state index is 12.9. The number of benzene rings is 2. The van der Waals surface area contributed by atoms with E-state index in [1.807, 2.05) is 0 Å². The van der Waals surface area contributed by atoms with Crippen molar-refractivity contribution >= 4 is 35.0 Å². The molecule has 0 unspecified atom stereocenters. The highest BCUT2D eigenvalue weighted by molar-refractivity contribution is 6.06. The molecular weight excluding hydrogens is 463 g/mol. The van der Waals surface area contributed by atoms with E-state index in [2.05, 4.69) is 10.6 Å². The summed E-state index contributed by atoms with van der Waals surface area (Å²) in [6.45, 7) is -0.00772. The molecular formula is C25H24F3N3O4. The molecule has 35 heavy (non-hydrogen) atoms. The molecule has 2 N–H and O–H groups in total. The van der Waals surface area contributed by atoms with Crippen LogP contribution in [0.3, 0.4) is 0 Å². The molecule has 2 aromatic rings. The van der Waals surface area contributed by atoms with Crippen LogP contribution >= 0.6 is 0 Å². The first-order valence-electron chi connectivity index (χ1n) is 11.4. The maximum absolute atomic E-state index is 12.9. The van der Waals surface area contributed by atoms with Crippen LogP contribution in [0.15, 0.2) is 48.5 Å². The molecule has 2 aromatic carbocycles. The number of nitrogens with zero attached hydrogens (tertiary/aromatic N) is 1. The zero-order chi connectivity index (χ0) is 25.2. The van der Waals surface area contributed by atoms with Gasteiger partial charge >= 0.3 is 6.18 Å². The molecule has 1 saturated heterocycles. The molecule has 1 aliphatic carbocycles. The lowest BCUT2D eigenvalue weighted by Gasteiger charge is -2.19. The van der Waals surface area contributed by atoms with Crippen molar-refractivity contribution < 1.29 is 32.3 Å². The number of alkyl halides is 3. The van der Waals surface area contributed by atoms with Crippen molar-refractivity contribution in [3.05, 3.63) is 59.7 Å². The molecule has 0 radical (unpaired) electrons. The number of carbonyl (C=O) groups is 4.